The molecule has 1 heterocycles. The maximum Gasteiger partial charge on any atom is 0.227 e. The first-order valence-electron chi connectivity index (χ1n) is 5.76. The van der Waals surface area contributed by atoms with E-state index in [1.165, 1.54) is 0 Å². The molecule has 1 N–H and O–H groups in total. The van der Waals surface area contributed by atoms with E-state index in [1.807, 2.05) is 24.3 Å². The van der Waals surface area contributed by atoms with E-state index < -0.39 is 6.10 Å². The average molecular weight is 298 g/mol. The van der Waals surface area contributed by atoms with E-state index in [-0.39, 0.29) is 5.91 Å². The molecule has 0 aliphatic carbocycles. The summed E-state index contributed by atoms with van der Waals surface area (Å²) < 4.78 is 0. The first-order chi connectivity index (χ1) is 8.11. The summed E-state index contributed by atoms with van der Waals surface area (Å²) in [5.41, 5.74) is 1.73. The van der Waals surface area contributed by atoms with Gasteiger partial charge in [0.05, 0.1) is 6.10 Å². The smallest absolute Gasteiger partial charge is 0.227 e. The number of amides is 1. The van der Waals surface area contributed by atoms with Crippen LogP contribution in [0.3, 0.4) is 0 Å². The van der Waals surface area contributed by atoms with E-state index in [2.05, 4.69) is 15.9 Å². The molecular weight excluding hydrogens is 282 g/mol. The summed E-state index contributed by atoms with van der Waals surface area (Å²) in [6, 6.07) is 7.56. The fraction of sp³-hybridized carbons (Fsp3) is 0.462. The topological polar surface area (TPSA) is 40.5 Å². The molecule has 2 atom stereocenters. The van der Waals surface area contributed by atoms with Crippen LogP contribution in [-0.2, 0) is 4.79 Å². The first kappa shape index (κ1) is 12.6. The Hall–Kier alpha value is -0.870. The average Bonchev–Trinajstić information content (AvgIpc) is 2.71. The van der Waals surface area contributed by atoms with Crippen molar-refractivity contribution in [1.29, 1.82) is 0 Å². The highest BCUT2D eigenvalue weighted by Gasteiger charge is 2.29. The van der Waals surface area contributed by atoms with Crippen molar-refractivity contribution in [3.8, 4) is 0 Å². The number of hydrogen-bond donors (Lipinski definition) is 1. The number of anilines is 1. The molecule has 1 saturated heterocycles. The van der Waals surface area contributed by atoms with E-state index in [9.17, 15) is 9.90 Å². The first-order valence-corrected chi connectivity index (χ1v) is 6.88. The van der Waals surface area contributed by atoms with Crippen LogP contribution in [0, 0.1) is 5.92 Å². The van der Waals surface area contributed by atoms with Crippen molar-refractivity contribution in [3.63, 3.8) is 0 Å². The summed E-state index contributed by atoms with van der Waals surface area (Å²) in [7, 11) is 0. The number of carbonyl (C=O) groups is 1. The number of aliphatic hydroxyl groups is 1. The molecule has 2 unspecified atom stereocenters. The molecule has 2 rings (SSSR count). The zero-order valence-electron chi connectivity index (χ0n) is 9.77. The Morgan fingerprint density at radius 2 is 2.35 bits per heavy atom. The molecule has 17 heavy (non-hydrogen) atoms. The molecule has 1 fully saturated rings. The van der Waals surface area contributed by atoms with Crippen molar-refractivity contribution in [1.82, 2.24) is 0 Å². The lowest BCUT2D eigenvalue weighted by Crippen LogP contribution is -2.24. The van der Waals surface area contributed by atoms with Gasteiger partial charge in [-0.1, -0.05) is 28.1 Å². The van der Waals surface area contributed by atoms with Crippen LogP contribution < -0.4 is 4.90 Å². The van der Waals surface area contributed by atoms with E-state index in [1.54, 1.807) is 11.8 Å². The molecule has 1 aromatic carbocycles. The van der Waals surface area contributed by atoms with Crippen LogP contribution in [0.4, 0.5) is 5.69 Å². The van der Waals surface area contributed by atoms with Gasteiger partial charge in [-0.25, -0.2) is 0 Å². The Bertz CT molecular complexity index is 420. The molecule has 0 saturated carbocycles. The number of halogens is 1. The van der Waals surface area contributed by atoms with Gasteiger partial charge in [0, 0.05) is 24.0 Å². The minimum atomic E-state index is -0.500. The molecule has 4 heteroatoms. The molecular formula is C13H16BrNO2. The monoisotopic (exact) mass is 297 g/mol. The van der Waals surface area contributed by atoms with Crippen LogP contribution in [0.2, 0.25) is 0 Å². The molecule has 1 amide bonds. The molecule has 0 bridgehead atoms. The molecule has 0 aromatic heterocycles. The number of alkyl halides is 1. The number of nitrogens with zero attached hydrogens (tertiary/aromatic N) is 1. The Kier molecular flexibility index (Phi) is 3.84. The summed E-state index contributed by atoms with van der Waals surface area (Å²) >= 11 is 3.42. The highest BCUT2D eigenvalue weighted by Crippen LogP contribution is 2.27. The third-order valence-electron chi connectivity index (χ3n) is 3.09. The van der Waals surface area contributed by atoms with Gasteiger partial charge in [-0.3, -0.25) is 4.79 Å². The van der Waals surface area contributed by atoms with Crippen LogP contribution >= 0.6 is 15.9 Å². The van der Waals surface area contributed by atoms with Gasteiger partial charge in [0.25, 0.3) is 0 Å². The van der Waals surface area contributed by atoms with Crippen molar-refractivity contribution >= 4 is 27.5 Å². The van der Waals surface area contributed by atoms with Crippen LogP contribution in [-0.4, -0.2) is 22.9 Å². The molecule has 1 aliphatic heterocycles. The minimum Gasteiger partial charge on any atom is -0.389 e. The molecule has 0 radical (unpaired) electrons. The van der Waals surface area contributed by atoms with Crippen LogP contribution in [0.5, 0.6) is 0 Å². The largest absolute Gasteiger partial charge is 0.389 e. The second-order valence-electron chi connectivity index (χ2n) is 4.50. The van der Waals surface area contributed by atoms with Crippen LogP contribution in [0.1, 0.15) is 25.0 Å². The van der Waals surface area contributed by atoms with Crippen molar-refractivity contribution in [2.75, 3.05) is 16.8 Å². The van der Waals surface area contributed by atoms with Crippen molar-refractivity contribution < 1.29 is 9.90 Å². The lowest BCUT2D eigenvalue weighted by molar-refractivity contribution is -0.117. The van der Waals surface area contributed by atoms with Gasteiger partial charge in [-0.15, -0.1) is 0 Å². The number of carbonyl (C=O) groups excluding carboxylic acids is 1. The lowest BCUT2D eigenvalue weighted by Gasteiger charge is -2.18. The van der Waals surface area contributed by atoms with Gasteiger partial charge < -0.3 is 10.0 Å². The second kappa shape index (κ2) is 5.19. The van der Waals surface area contributed by atoms with Crippen molar-refractivity contribution in [2.24, 2.45) is 5.92 Å². The molecule has 1 aromatic rings. The van der Waals surface area contributed by atoms with E-state index in [0.29, 0.717) is 12.3 Å². The zero-order valence-corrected chi connectivity index (χ0v) is 11.4. The van der Waals surface area contributed by atoms with Gasteiger partial charge in [0.1, 0.15) is 0 Å². The third kappa shape index (κ3) is 2.69. The predicted octanol–water partition coefficient (Wildman–Crippen LogP) is 2.49. The lowest BCUT2D eigenvalue weighted by atomic mass is 10.1. The Morgan fingerprint density at radius 3 is 2.94 bits per heavy atom. The summed E-state index contributed by atoms with van der Waals surface area (Å²) in [6.45, 7) is 2.49. The van der Waals surface area contributed by atoms with E-state index >= 15 is 0 Å². The Morgan fingerprint density at radius 1 is 1.59 bits per heavy atom. The predicted molar refractivity (Wildman–Crippen MR) is 71.3 cm³/mol. The maximum absolute atomic E-state index is 11.9. The maximum atomic E-state index is 11.9. The number of rotatable bonds is 3. The SMILES string of the molecule is CC(O)c1cccc(N2CC(CBr)CC2=O)c1. The van der Waals surface area contributed by atoms with Gasteiger partial charge in [-0.2, -0.15) is 0 Å². The number of aliphatic hydroxyl groups excluding tert-OH is 1. The van der Waals surface area contributed by atoms with Gasteiger partial charge >= 0.3 is 0 Å². The van der Waals surface area contributed by atoms with Gasteiger partial charge in [0.2, 0.25) is 5.91 Å². The fourth-order valence-electron chi connectivity index (χ4n) is 2.09. The zero-order chi connectivity index (χ0) is 12.4. The standard InChI is InChI=1S/C13H16BrNO2/c1-9(16)11-3-2-4-12(6-11)15-8-10(7-14)5-13(15)17/h2-4,6,9-10,16H,5,7-8H2,1H3. The van der Waals surface area contributed by atoms with Gasteiger partial charge in [0.15, 0.2) is 0 Å². The Labute approximate surface area is 110 Å². The van der Waals surface area contributed by atoms with Crippen LogP contribution in [0.15, 0.2) is 24.3 Å². The fourth-order valence-corrected chi connectivity index (χ4v) is 2.52. The summed E-state index contributed by atoms with van der Waals surface area (Å²) in [4.78, 5) is 13.7. The summed E-state index contributed by atoms with van der Waals surface area (Å²) in [5, 5.41) is 10.4. The minimum absolute atomic E-state index is 0.164. The van der Waals surface area contributed by atoms with E-state index in [4.69, 9.17) is 0 Å². The highest BCUT2D eigenvalue weighted by molar-refractivity contribution is 9.09. The van der Waals surface area contributed by atoms with Gasteiger partial charge in [-0.05, 0) is 30.5 Å². The molecule has 92 valence electrons. The number of benzene rings is 1. The molecule has 1 aliphatic rings. The third-order valence-corrected chi connectivity index (χ3v) is 4.00. The van der Waals surface area contributed by atoms with Crippen LogP contribution in [0.25, 0.3) is 0 Å². The normalized spacial score (nSPS) is 21.9. The highest BCUT2D eigenvalue weighted by atomic mass is 79.9. The second-order valence-corrected chi connectivity index (χ2v) is 5.15. The summed E-state index contributed by atoms with van der Waals surface area (Å²) in [6.07, 6.45) is 0.101. The Balaban J connectivity index is 2.22. The van der Waals surface area contributed by atoms with E-state index in [0.717, 1.165) is 23.1 Å². The quantitative estimate of drug-likeness (QED) is 0.871. The molecule has 0 spiro atoms. The number of hydrogen-bond acceptors (Lipinski definition) is 2. The molecule has 3 nitrogen and oxygen atoms in total. The van der Waals surface area contributed by atoms with Crippen molar-refractivity contribution in [3.05, 3.63) is 29.8 Å². The van der Waals surface area contributed by atoms with Crippen molar-refractivity contribution in [2.45, 2.75) is 19.4 Å². The summed E-state index contributed by atoms with van der Waals surface area (Å²) in [5.74, 6) is 0.551.